The predicted molar refractivity (Wildman–Crippen MR) is 167 cm³/mol. The Balaban J connectivity index is 1.06. The quantitative estimate of drug-likeness (QED) is 0.337. The van der Waals surface area contributed by atoms with Gasteiger partial charge in [0.1, 0.15) is 0 Å². The van der Waals surface area contributed by atoms with Gasteiger partial charge in [-0.05, 0) is 98.5 Å². The fourth-order valence-corrected chi connectivity index (χ4v) is 9.42. The van der Waals surface area contributed by atoms with E-state index in [1.54, 1.807) is 12.1 Å². The van der Waals surface area contributed by atoms with Gasteiger partial charge in [0.15, 0.2) is 0 Å². The number of sulfone groups is 1. The van der Waals surface area contributed by atoms with Gasteiger partial charge in [-0.3, -0.25) is 4.98 Å². The molecule has 6 rings (SSSR count). The normalized spacial score (nSPS) is 23.4. The SMILES string of the molecule is N#CC(c1ccccc1)(C1CCN(CC2CN(c3ccc(S(=O)(=O)c4ccncc4)cc3)C2)CC1)[C@@H]1CCC[C@H]1CCO. The Morgan fingerprint density at radius 2 is 1.58 bits per heavy atom. The summed E-state index contributed by atoms with van der Waals surface area (Å²) in [6.07, 6.45) is 9.16. The van der Waals surface area contributed by atoms with Crippen molar-refractivity contribution in [3.63, 3.8) is 0 Å². The van der Waals surface area contributed by atoms with E-state index in [2.05, 4.69) is 45.1 Å². The number of hydrogen-bond acceptors (Lipinski definition) is 7. The number of nitrogens with zero attached hydrogens (tertiary/aromatic N) is 4. The molecule has 0 radical (unpaired) electrons. The van der Waals surface area contributed by atoms with Crippen LogP contribution in [0.4, 0.5) is 5.69 Å². The van der Waals surface area contributed by atoms with Crippen molar-refractivity contribution in [3.8, 4) is 6.07 Å². The van der Waals surface area contributed by atoms with Crippen LogP contribution in [0.1, 0.15) is 44.1 Å². The molecular weight excluding hydrogens is 556 g/mol. The third-order valence-corrected chi connectivity index (χ3v) is 12.1. The Kier molecular flexibility index (Phi) is 8.85. The molecule has 2 aliphatic heterocycles. The number of benzene rings is 2. The summed E-state index contributed by atoms with van der Waals surface area (Å²) in [6, 6.07) is 23.7. The molecule has 2 aromatic carbocycles. The zero-order valence-corrected chi connectivity index (χ0v) is 25.6. The van der Waals surface area contributed by atoms with E-state index in [-0.39, 0.29) is 11.5 Å². The van der Waals surface area contributed by atoms with Gasteiger partial charge in [-0.1, -0.05) is 43.2 Å². The number of pyridine rings is 1. The summed E-state index contributed by atoms with van der Waals surface area (Å²) >= 11 is 0. The van der Waals surface area contributed by atoms with Crippen LogP contribution >= 0.6 is 0 Å². The van der Waals surface area contributed by atoms with Gasteiger partial charge >= 0.3 is 0 Å². The van der Waals surface area contributed by atoms with Crippen LogP contribution in [0.3, 0.4) is 0 Å². The maximum atomic E-state index is 12.9. The van der Waals surface area contributed by atoms with Crippen molar-refractivity contribution in [3.05, 3.63) is 84.7 Å². The molecule has 3 fully saturated rings. The molecule has 3 atom stereocenters. The lowest BCUT2D eigenvalue weighted by Gasteiger charge is -2.48. The summed E-state index contributed by atoms with van der Waals surface area (Å²) in [6.45, 7) is 5.20. The number of aliphatic hydroxyl groups excluding tert-OH is 1. The minimum Gasteiger partial charge on any atom is -0.396 e. The van der Waals surface area contributed by atoms with Crippen LogP contribution in [0.5, 0.6) is 0 Å². The van der Waals surface area contributed by atoms with Gasteiger partial charge in [0.05, 0.1) is 21.3 Å². The molecule has 0 bridgehead atoms. The fraction of sp³-hybridized carbons (Fsp3) is 0.486. The van der Waals surface area contributed by atoms with E-state index in [1.165, 1.54) is 30.1 Å². The van der Waals surface area contributed by atoms with E-state index < -0.39 is 15.3 Å². The van der Waals surface area contributed by atoms with E-state index >= 15 is 0 Å². The molecule has 3 heterocycles. The van der Waals surface area contributed by atoms with E-state index in [1.807, 2.05) is 18.2 Å². The van der Waals surface area contributed by atoms with Crippen molar-refractivity contribution in [2.75, 3.05) is 44.2 Å². The second kappa shape index (κ2) is 12.8. The van der Waals surface area contributed by atoms with E-state index in [0.717, 1.165) is 76.9 Å². The average Bonchev–Trinajstić information content (AvgIpc) is 3.50. The Hall–Kier alpha value is -3.25. The van der Waals surface area contributed by atoms with Gasteiger partial charge < -0.3 is 14.9 Å². The maximum absolute atomic E-state index is 12.9. The van der Waals surface area contributed by atoms with Crippen molar-refractivity contribution in [2.45, 2.75) is 53.7 Å². The number of piperidine rings is 1. The molecule has 1 aliphatic carbocycles. The number of likely N-dealkylation sites (tertiary alicyclic amines) is 1. The molecule has 1 N–H and O–H groups in total. The zero-order valence-electron chi connectivity index (χ0n) is 24.8. The van der Waals surface area contributed by atoms with Gasteiger partial charge in [-0.2, -0.15) is 5.26 Å². The molecule has 1 unspecified atom stereocenters. The lowest BCUT2D eigenvalue weighted by atomic mass is 9.58. The average molecular weight is 599 g/mol. The molecule has 0 spiro atoms. The Labute approximate surface area is 256 Å². The van der Waals surface area contributed by atoms with E-state index in [0.29, 0.717) is 28.6 Å². The van der Waals surface area contributed by atoms with Gasteiger partial charge in [0, 0.05) is 50.2 Å². The second-order valence-corrected chi connectivity index (χ2v) is 14.6. The molecule has 0 amide bonds. The summed E-state index contributed by atoms with van der Waals surface area (Å²) < 4.78 is 25.8. The summed E-state index contributed by atoms with van der Waals surface area (Å²) in [5.74, 6) is 1.61. The third kappa shape index (κ3) is 5.83. The molecule has 1 saturated carbocycles. The topological polar surface area (TPSA) is 97.5 Å². The lowest BCUT2D eigenvalue weighted by Crippen LogP contribution is -2.54. The minimum absolute atomic E-state index is 0.198. The molecule has 2 saturated heterocycles. The molecule has 1 aromatic heterocycles. The molecule has 3 aliphatic rings. The first-order chi connectivity index (χ1) is 21.0. The van der Waals surface area contributed by atoms with Gasteiger partial charge in [0.25, 0.3) is 0 Å². The highest BCUT2D eigenvalue weighted by Gasteiger charge is 2.51. The zero-order chi connectivity index (χ0) is 29.9. The number of hydrogen-bond donors (Lipinski definition) is 1. The summed E-state index contributed by atoms with van der Waals surface area (Å²) in [5.41, 5.74) is 1.73. The van der Waals surface area contributed by atoms with E-state index in [9.17, 15) is 18.8 Å². The second-order valence-electron chi connectivity index (χ2n) is 12.7. The number of rotatable bonds is 10. The van der Waals surface area contributed by atoms with Crippen LogP contribution in [0.25, 0.3) is 0 Å². The molecule has 226 valence electrons. The Morgan fingerprint density at radius 3 is 2.23 bits per heavy atom. The highest BCUT2D eigenvalue weighted by Crippen LogP contribution is 2.53. The molecule has 7 nitrogen and oxygen atoms in total. The smallest absolute Gasteiger partial charge is 0.206 e. The molecule has 8 heteroatoms. The van der Waals surface area contributed by atoms with Crippen molar-refractivity contribution < 1.29 is 13.5 Å². The van der Waals surface area contributed by atoms with Crippen LogP contribution in [0, 0.1) is 35.0 Å². The predicted octanol–water partition coefficient (Wildman–Crippen LogP) is 5.32. The fourth-order valence-electron chi connectivity index (χ4n) is 8.17. The van der Waals surface area contributed by atoms with Gasteiger partial charge in [-0.25, -0.2) is 8.42 Å². The maximum Gasteiger partial charge on any atom is 0.206 e. The lowest BCUT2D eigenvalue weighted by molar-refractivity contribution is 0.0856. The first kappa shape index (κ1) is 29.8. The van der Waals surface area contributed by atoms with Crippen molar-refractivity contribution in [1.82, 2.24) is 9.88 Å². The number of nitriles is 1. The number of aromatic nitrogens is 1. The Bertz CT molecular complexity index is 1500. The number of aliphatic hydroxyl groups is 1. The molecule has 43 heavy (non-hydrogen) atoms. The first-order valence-corrected chi connectivity index (χ1v) is 17.2. The van der Waals surface area contributed by atoms with Crippen LogP contribution < -0.4 is 4.90 Å². The summed E-state index contributed by atoms with van der Waals surface area (Å²) in [4.78, 5) is 9.37. The van der Waals surface area contributed by atoms with Crippen LogP contribution in [-0.4, -0.2) is 62.7 Å². The first-order valence-electron chi connectivity index (χ1n) is 15.8. The van der Waals surface area contributed by atoms with Crippen LogP contribution in [0.2, 0.25) is 0 Å². The minimum atomic E-state index is -3.54. The van der Waals surface area contributed by atoms with Gasteiger partial charge in [-0.15, -0.1) is 0 Å². The standard InChI is InChI=1S/C35H42N4O3S/c36-26-35(29-6-2-1-3-7-29,34-8-4-5-28(34)17-22-40)30-15-20-38(21-16-30)23-27-24-39(25-27)31-9-11-32(12-10-31)43(41,42)33-13-18-37-19-14-33/h1-3,6-7,9-14,18-19,27-28,30,34,40H,4-5,8,15-17,20-25H2/t28-,34+,35?/m0/s1. The van der Waals surface area contributed by atoms with Crippen molar-refractivity contribution in [2.24, 2.45) is 23.7 Å². The highest BCUT2D eigenvalue weighted by molar-refractivity contribution is 7.91. The third-order valence-electron chi connectivity index (χ3n) is 10.4. The van der Waals surface area contributed by atoms with Gasteiger partial charge in [0.2, 0.25) is 9.84 Å². The Morgan fingerprint density at radius 1 is 0.907 bits per heavy atom. The van der Waals surface area contributed by atoms with Crippen LogP contribution in [-0.2, 0) is 15.3 Å². The summed E-state index contributed by atoms with van der Waals surface area (Å²) in [5, 5.41) is 20.6. The molecular formula is C35H42N4O3S. The largest absolute Gasteiger partial charge is 0.396 e. The van der Waals surface area contributed by atoms with E-state index in [4.69, 9.17) is 0 Å². The summed E-state index contributed by atoms with van der Waals surface area (Å²) in [7, 11) is -3.54. The highest BCUT2D eigenvalue weighted by atomic mass is 32.2. The van der Waals surface area contributed by atoms with Crippen LogP contribution in [0.15, 0.2) is 88.9 Å². The monoisotopic (exact) mass is 598 g/mol. The van der Waals surface area contributed by atoms with Crippen molar-refractivity contribution in [1.29, 1.82) is 5.26 Å². The molecule has 3 aromatic rings. The van der Waals surface area contributed by atoms with Crippen molar-refractivity contribution >= 4 is 15.5 Å². The number of anilines is 1.